The molecular formula is C25H26ClN3O2. The van der Waals surface area contributed by atoms with E-state index in [0.717, 1.165) is 23.4 Å². The monoisotopic (exact) mass is 435 g/mol. The van der Waals surface area contributed by atoms with Gasteiger partial charge in [-0.15, -0.1) is 0 Å². The largest absolute Gasteiger partial charge is 0.497 e. The molecule has 6 heteroatoms. The number of carbonyl (C=O) groups excluding carboxylic acids is 1. The van der Waals surface area contributed by atoms with Crippen LogP contribution in [0, 0.1) is 11.3 Å². The Labute approximate surface area is 188 Å². The predicted molar refractivity (Wildman–Crippen MR) is 127 cm³/mol. The Morgan fingerprint density at radius 2 is 1.97 bits per heavy atom. The molecule has 1 N–H and O–H groups in total. The number of ether oxygens (including phenoxy) is 1. The highest BCUT2D eigenvalue weighted by molar-refractivity contribution is 6.32. The van der Waals surface area contributed by atoms with Gasteiger partial charge in [0.1, 0.15) is 17.4 Å². The van der Waals surface area contributed by atoms with Crippen LogP contribution >= 0.6 is 11.6 Å². The van der Waals surface area contributed by atoms with Gasteiger partial charge < -0.3 is 15.0 Å². The van der Waals surface area contributed by atoms with E-state index in [1.807, 2.05) is 18.2 Å². The number of benzene rings is 2. The number of rotatable bonds is 5. The summed E-state index contributed by atoms with van der Waals surface area (Å²) in [5.41, 5.74) is 4.29. The number of likely N-dealkylation sites (N-methyl/N-ethyl adjacent to an activating group) is 1. The number of allylic oxidation sites excluding steroid dienone is 1. The van der Waals surface area contributed by atoms with Gasteiger partial charge in [-0.25, -0.2) is 0 Å². The average molecular weight is 436 g/mol. The highest BCUT2D eigenvalue weighted by Crippen LogP contribution is 2.41. The maximum atomic E-state index is 12.7. The summed E-state index contributed by atoms with van der Waals surface area (Å²) < 4.78 is 5.12. The van der Waals surface area contributed by atoms with E-state index in [1.54, 1.807) is 31.4 Å². The molecule has 0 aromatic heterocycles. The molecule has 1 amide bonds. The number of anilines is 2. The number of carbonyl (C=O) groups is 1. The molecule has 1 aliphatic heterocycles. The first-order chi connectivity index (χ1) is 14.7. The average Bonchev–Trinajstić information content (AvgIpc) is 2.72. The van der Waals surface area contributed by atoms with Crippen LogP contribution in [0.3, 0.4) is 0 Å². The first-order valence-corrected chi connectivity index (χ1v) is 10.5. The van der Waals surface area contributed by atoms with Crippen LogP contribution in [0.2, 0.25) is 5.02 Å². The van der Waals surface area contributed by atoms with Crippen molar-refractivity contribution in [1.29, 1.82) is 5.26 Å². The van der Waals surface area contributed by atoms with Gasteiger partial charge in [-0.3, -0.25) is 4.79 Å². The van der Waals surface area contributed by atoms with E-state index in [-0.39, 0.29) is 11.1 Å². The Hall–Kier alpha value is -3.23. The van der Waals surface area contributed by atoms with Crippen molar-refractivity contribution in [2.45, 2.75) is 33.2 Å². The van der Waals surface area contributed by atoms with Crippen LogP contribution in [0.15, 0.2) is 48.0 Å². The summed E-state index contributed by atoms with van der Waals surface area (Å²) in [6, 6.07) is 12.8. The number of hydrogen-bond donors (Lipinski definition) is 1. The number of methoxy groups -OCH3 is 1. The first kappa shape index (κ1) is 22.5. The molecule has 0 fully saturated rings. The zero-order valence-corrected chi connectivity index (χ0v) is 19.2. The second kappa shape index (κ2) is 8.87. The summed E-state index contributed by atoms with van der Waals surface area (Å²) in [6.07, 6.45) is 3.76. The predicted octanol–water partition coefficient (Wildman–Crippen LogP) is 5.92. The molecule has 0 saturated heterocycles. The van der Waals surface area contributed by atoms with E-state index in [4.69, 9.17) is 16.3 Å². The molecule has 31 heavy (non-hydrogen) atoms. The number of nitrogens with zero attached hydrogens (tertiary/aromatic N) is 2. The van der Waals surface area contributed by atoms with Crippen molar-refractivity contribution in [2.24, 2.45) is 0 Å². The minimum Gasteiger partial charge on any atom is -0.497 e. The third kappa shape index (κ3) is 4.60. The van der Waals surface area contributed by atoms with Crippen molar-refractivity contribution in [3.05, 3.63) is 64.2 Å². The smallest absolute Gasteiger partial charge is 0.266 e. The van der Waals surface area contributed by atoms with E-state index >= 15 is 0 Å². The van der Waals surface area contributed by atoms with Crippen LogP contribution in [0.4, 0.5) is 11.4 Å². The highest BCUT2D eigenvalue weighted by Gasteiger charge is 2.30. The Morgan fingerprint density at radius 1 is 1.29 bits per heavy atom. The van der Waals surface area contributed by atoms with Crippen molar-refractivity contribution in [2.75, 3.05) is 23.9 Å². The summed E-state index contributed by atoms with van der Waals surface area (Å²) in [7, 11) is 1.57. The van der Waals surface area contributed by atoms with Crippen LogP contribution in [0.5, 0.6) is 5.75 Å². The molecule has 0 bridgehead atoms. The van der Waals surface area contributed by atoms with Gasteiger partial charge >= 0.3 is 0 Å². The Bertz CT molecular complexity index is 1110. The molecule has 1 heterocycles. The van der Waals surface area contributed by atoms with E-state index in [0.29, 0.717) is 22.0 Å². The normalized spacial score (nSPS) is 14.9. The Morgan fingerprint density at radius 3 is 2.55 bits per heavy atom. The first-order valence-electron chi connectivity index (χ1n) is 10.1. The quantitative estimate of drug-likeness (QED) is 0.468. The molecular weight excluding hydrogens is 410 g/mol. The maximum Gasteiger partial charge on any atom is 0.266 e. The van der Waals surface area contributed by atoms with Gasteiger partial charge in [0.05, 0.1) is 12.6 Å². The maximum absolute atomic E-state index is 12.7. The molecule has 0 atom stereocenters. The molecule has 0 saturated carbocycles. The molecule has 2 aromatic carbocycles. The summed E-state index contributed by atoms with van der Waals surface area (Å²) in [6.45, 7) is 9.35. The van der Waals surface area contributed by atoms with Gasteiger partial charge in [0.15, 0.2) is 0 Å². The fourth-order valence-electron chi connectivity index (χ4n) is 3.98. The van der Waals surface area contributed by atoms with Gasteiger partial charge in [-0.1, -0.05) is 17.7 Å². The van der Waals surface area contributed by atoms with Gasteiger partial charge in [-0.05, 0) is 81.3 Å². The zero-order chi connectivity index (χ0) is 22.8. The van der Waals surface area contributed by atoms with E-state index in [9.17, 15) is 10.1 Å². The molecule has 5 nitrogen and oxygen atoms in total. The standard InChI is InChI=1S/C25H26ClN3O2/c1-6-29-23-13-22(26)17(12-21(23)16(2)14-25(29,3)4)11-18(15-27)24(30)28-19-7-9-20(31-5)10-8-19/h7-14H,6H2,1-5H3,(H,28,30)/b18-11+. The van der Waals surface area contributed by atoms with Crippen molar-refractivity contribution in [3.8, 4) is 11.8 Å². The van der Waals surface area contributed by atoms with Gasteiger partial charge in [0.2, 0.25) is 0 Å². The van der Waals surface area contributed by atoms with E-state index < -0.39 is 5.91 Å². The summed E-state index contributed by atoms with van der Waals surface area (Å²) in [4.78, 5) is 14.9. The number of halogens is 1. The van der Waals surface area contributed by atoms with Crippen molar-refractivity contribution < 1.29 is 9.53 Å². The molecule has 0 radical (unpaired) electrons. The molecule has 1 aliphatic rings. The van der Waals surface area contributed by atoms with Gasteiger partial charge in [0.25, 0.3) is 5.91 Å². The lowest BCUT2D eigenvalue weighted by molar-refractivity contribution is -0.112. The minimum absolute atomic E-state index is 0.0252. The van der Waals surface area contributed by atoms with Gasteiger partial charge in [0, 0.05) is 28.5 Å². The second-order valence-corrected chi connectivity index (χ2v) is 8.38. The van der Waals surface area contributed by atoms with Crippen LogP contribution in [0.1, 0.15) is 38.8 Å². The molecule has 160 valence electrons. The number of amides is 1. The zero-order valence-electron chi connectivity index (χ0n) is 18.4. The fourth-order valence-corrected chi connectivity index (χ4v) is 4.19. The number of nitrogens with one attached hydrogen (secondary N) is 1. The lowest BCUT2D eigenvalue weighted by Gasteiger charge is -2.43. The van der Waals surface area contributed by atoms with Crippen LogP contribution in [-0.4, -0.2) is 25.1 Å². The van der Waals surface area contributed by atoms with E-state index in [2.05, 4.69) is 44.0 Å². The number of hydrogen-bond acceptors (Lipinski definition) is 4. The molecule has 2 aromatic rings. The molecule has 0 spiro atoms. The Balaban J connectivity index is 1.95. The van der Waals surface area contributed by atoms with E-state index in [1.165, 1.54) is 6.08 Å². The summed E-state index contributed by atoms with van der Waals surface area (Å²) in [5.74, 6) is 0.188. The van der Waals surface area contributed by atoms with Crippen LogP contribution in [-0.2, 0) is 4.79 Å². The summed E-state index contributed by atoms with van der Waals surface area (Å²) >= 11 is 6.58. The highest BCUT2D eigenvalue weighted by atomic mass is 35.5. The summed E-state index contributed by atoms with van der Waals surface area (Å²) in [5, 5.41) is 12.8. The van der Waals surface area contributed by atoms with Gasteiger partial charge in [-0.2, -0.15) is 5.26 Å². The Kier molecular flexibility index (Phi) is 6.42. The lowest BCUT2D eigenvalue weighted by atomic mass is 9.88. The lowest BCUT2D eigenvalue weighted by Crippen LogP contribution is -2.44. The second-order valence-electron chi connectivity index (χ2n) is 7.97. The minimum atomic E-state index is -0.495. The topological polar surface area (TPSA) is 65.4 Å². The van der Waals surface area contributed by atoms with Crippen LogP contribution in [0.25, 0.3) is 11.6 Å². The number of nitriles is 1. The third-order valence-corrected chi connectivity index (χ3v) is 5.75. The van der Waals surface area contributed by atoms with Crippen molar-refractivity contribution in [3.63, 3.8) is 0 Å². The molecule has 0 aliphatic carbocycles. The van der Waals surface area contributed by atoms with Crippen molar-refractivity contribution >= 4 is 40.5 Å². The van der Waals surface area contributed by atoms with Crippen molar-refractivity contribution in [1.82, 2.24) is 0 Å². The molecule has 3 rings (SSSR count). The van der Waals surface area contributed by atoms with Crippen LogP contribution < -0.4 is 15.0 Å². The molecule has 0 unspecified atom stereocenters. The third-order valence-electron chi connectivity index (χ3n) is 5.43. The SMILES string of the molecule is CCN1c2cc(Cl)c(/C=C(\C#N)C(=O)Nc3ccc(OC)cc3)cc2C(C)=CC1(C)C. The number of fused-ring (bicyclic) bond motifs is 1. The fraction of sp³-hybridized carbons (Fsp3) is 0.280.